The van der Waals surface area contributed by atoms with E-state index in [1.165, 1.54) is 19.3 Å². The van der Waals surface area contributed by atoms with Gasteiger partial charge in [0.1, 0.15) is 0 Å². The molecule has 0 radical (unpaired) electrons. The molecule has 0 saturated heterocycles. The highest BCUT2D eigenvalue weighted by Crippen LogP contribution is 2.33. The molecule has 7 heteroatoms. The van der Waals surface area contributed by atoms with Gasteiger partial charge < -0.3 is 10.5 Å². The van der Waals surface area contributed by atoms with Gasteiger partial charge in [-0.15, -0.1) is 5.10 Å². The Bertz CT molecular complexity index is 345. The van der Waals surface area contributed by atoms with Crippen molar-refractivity contribution < 1.29 is 4.74 Å². The van der Waals surface area contributed by atoms with Crippen molar-refractivity contribution in [3.63, 3.8) is 0 Å². The third-order valence-electron chi connectivity index (χ3n) is 3.02. The summed E-state index contributed by atoms with van der Waals surface area (Å²) < 4.78 is 7.21. The van der Waals surface area contributed by atoms with Gasteiger partial charge in [-0.2, -0.15) is 0 Å². The summed E-state index contributed by atoms with van der Waals surface area (Å²) in [6.45, 7) is 1.24. The van der Waals surface area contributed by atoms with E-state index in [0.717, 1.165) is 11.6 Å². The van der Waals surface area contributed by atoms with Crippen LogP contribution in [0.4, 0.5) is 0 Å². The summed E-state index contributed by atoms with van der Waals surface area (Å²) in [7, 11) is 1.79. The average Bonchev–Trinajstić information content (AvgIpc) is 2.78. The van der Waals surface area contributed by atoms with Gasteiger partial charge in [0, 0.05) is 18.9 Å². The molecule has 0 amide bonds. The minimum atomic E-state index is 0.389. The predicted octanol–water partition coefficient (Wildman–Crippen LogP) is 0.682. The quantitative estimate of drug-likeness (QED) is 0.835. The third-order valence-corrected chi connectivity index (χ3v) is 4.29. The van der Waals surface area contributed by atoms with Gasteiger partial charge in [0.2, 0.25) is 5.16 Å². The Morgan fingerprint density at radius 2 is 2.41 bits per heavy atom. The number of thioether (sulfide) groups is 1. The van der Waals surface area contributed by atoms with Gasteiger partial charge in [-0.3, -0.25) is 0 Å². The van der Waals surface area contributed by atoms with E-state index in [2.05, 4.69) is 15.5 Å². The molecule has 1 aromatic rings. The number of methoxy groups -OCH3 is 1. The molecule has 2 atom stereocenters. The molecule has 2 rings (SSSR count). The van der Waals surface area contributed by atoms with E-state index >= 15 is 0 Å². The molecule has 2 N–H and O–H groups in total. The van der Waals surface area contributed by atoms with Crippen molar-refractivity contribution >= 4 is 11.8 Å². The number of hydrogen-bond acceptors (Lipinski definition) is 6. The Morgan fingerprint density at radius 3 is 3.18 bits per heavy atom. The number of ether oxygens (including phenoxy) is 1. The molecule has 1 fully saturated rings. The molecule has 0 aromatic carbocycles. The van der Waals surface area contributed by atoms with Crippen molar-refractivity contribution in [1.29, 1.82) is 0 Å². The van der Waals surface area contributed by atoms with Crippen LogP contribution in [0.25, 0.3) is 0 Å². The largest absolute Gasteiger partial charge is 0.381 e. The first-order valence-corrected chi connectivity index (χ1v) is 6.87. The van der Waals surface area contributed by atoms with E-state index in [1.807, 2.05) is 0 Å². The second kappa shape index (κ2) is 6.32. The number of nitrogens with zero attached hydrogens (tertiary/aromatic N) is 4. The SMILES string of the molecule is COC1CCCC(Sc2nnnn2CCN)C1. The summed E-state index contributed by atoms with van der Waals surface area (Å²) in [6, 6.07) is 0. The molecule has 2 unspecified atom stereocenters. The molecule has 1 aliphatic carbocycles. The molecule has 0 spiro atoms. The Balaban J connectivity index is 1.93. The lowest BCUT2D eigenvalue weighted by atomic mass is 9.97. The van der Waals surface area contributed by atoms with Crippen LogP contribution in [-0.2, 0) is 11.3 Å². The predicted molar refractivity (Wildman–Crippen MR) is 65.8 cm³/mol. The lowest BCUT2D eigenvalue weighted by Gasteiger charge is -2.27. The number of nitrogens with two attached hydrogens (primary N) is 1. The number of tetrazole rings is 1. The Morgan fingerprint density at radius 1 is 1.53 bits per heavy atom. The number of rotatable bonds is 5. The van der Waals surface area contributed by atoms with E-state index in [0.29, 0.717) is 24.4 Å². The van der Waals surface area contributed by atoms with Crippen molar-refractivity contribution in [1.82, 2.24) is 20.2 Å². The standard InChI is InChI=1S/C10H19N5OS/c1-16-8-3-2-4-9(7-8)17-10-12-13-14-15(10)6-5-11/h8-9H,2-7,11H2,1H3. The van der Waals surface area contributed by atoms with Crippen LogP contribution >= 0.6 is 11.8 Å². The van der Waals surface area contributed by atoms with Gasteiger partial charge in [0.05, 0.1) is 12.6 Å². The lowest BCUT2D eigenvalue weighted by Crippen LogP contribution is -2.23. The van der Waals surface area contributed by atoms with Crippen molar-refractivity contribution in [3.05, 3.63) is 0 Å². The summed E-state index contributed by atoms with van der Waals surface area (Å²) in [6.07, 6.45) is 5.06. The zero-order valence-corrected chi connectivity index (χ0v) is 10.9. The van der Waals surface area contributed by atoms with Crippen molar-refractivity contribution in [2.45, 2.75) is 48.7 Å². The fourth-order valence-electron chi connectivity index (χ4n) is 2.12. The van der Waals surface area contributed by atoms with Crippen molar-refractivity contribution in [3.8, 4) is 0 Å². The monoisotopic (exact) mass is 257 g/mol. The minimum Gasteiger partial charge on any atom is -0.381 e. The molecular formula is C10H19N5OS. The number of aromatic nitrogens is 4. The summed E-state index contributed by atoms with van der Waals surface area (Å²) in [5.74, 6) is 0. The zero-order valence-electron chi connectivity index (χ0n) is 10.1. The second-order valence-corrected chi connectivity index (χ2v) is 5.50. The fraction of sp³-hybridized carbons (Fsp3) is 0.900. The molecule has 0 bridgehead atoms. The smallest absolute Gasteiger partial charge is 0.209 e. The Kier molecular flexibility index (Phi) is 4.75. The van der Waals surface area contributed by atoms with Gasteiger partial charge in [0.25, 0.3) is 0 Å². The van der Waals surface area contributed by atoms with Crippen LogP contribution in [0, 0.1) is 0 Å². The average molecular weight is 257 g/mol. The van der Waals surface area contributed by atoms with Crippen LogP contribution in [0.15, 0.2) is 5.16 Å². The van der Waals surface area contributed by atoms with Gasteiger partial charge in [-0.1, -0.05) is 11.8 Å². The first kappa shape index (κ1) is 12.8. The highest BCUT2D eigenvalue weighted by atomic mass is 32.2. The van der Waals surface area contributed by atoms with E-state index in [9.17, 15) is 0 Å². The van der Waals surface area contributed by atoms with Crippen LogP contribution in [0.3, 0.4) is 0 Å². The molecule has 0 aliphatic heterocycles. The van der Waals surface area contributed by atoms with Crippen LogP contribution in [0.2, 0.25) is 0 Å². The van der Waals surface area contributed by atoms with Gasteiger partial charge in [0.15, 0.2) is 0 Å². The fourth-order valence-corrected chi connectivity index (χ4v) is 3.34. The normalized spacial score (nSPS) is 25.1. The van der Waals surface area contributed by atoms with Crippen LogP contribution in [0.5, 0.6) is 0 Å². The van der Waals surface area contributed by atoms with Crippen LogP contribution in [0.1, 0.15) is 25.7 Å². The maximum absolute atomic E-state index is 5.52. The highest BCUT2D eigenvalue weighted by molar-refractivity contribution is 7.99. The van der Waals surface area contributed by atoms with E-state index < -0.39 is 0 Å². The Labute approximate surface area is 105 Å². The molecule has 1 aliphatic rings. The van der Waals surface area contributed by atoms with Gasteiger partial charge in [-0.25, -0.2) is 4.68 Å². The van der Waals surface area contributed by atoms with E-state index in [4.69, 9.17) is 10.5 Å². The highest BCUT2D eigenvalue weighted by Gasteiger charge is 2.24. The van der Waals surface area contributed by atoms with Gasteiger partial charge in [-0.05, 0) is 36.1 Å². The summed E-state index contributed by atoms with van der Waals surface area (Å²) in [5, 5.41) is 13.1. The summed E-state index contributed by atoms with van der Waals surface area (Å²) >= 11 is 1.75. The van der Waals surface area contributed by atoms with Crippen molar-refractivity contribution in [2.24, 2.45) is 5.73 Å². The first-order valence-electron chi connectivity index (χ1n) is 5.99. The van der Waals surface area contributed by atoms with Crippen LogP contribution in [-0.4, -0.2) is 45.2 Å². The lowest BCUT2D eigenvalue weighted by molar-refractivity contribution is 0.0730. The van der Waals surface area contributed by atoms with E-state index in [-0.39, 0.29) is 0 Å². The van der Waals surface area contributed by atoms with Crippen molar-refractivity contribution in [2.75, 3.05) is 13.7 Å². The van der Waals surface area contributed by atoms with E-state index in [1.54, 1.807) is 23.6 Å². The molecule has 96 valence electrons. The Hall–Kier alpha value is -0.660. The maximum Gasteiger partial charge on any atom is 0.209 e. The minimum absolute atomic E-state index is 0.389. The molecule has 6 nitrogen and oxygen atoms in total. The first-order chi connectivity index (χ1) is 8.33. The summed E-state index contributed by atoms with van der Waals surface area (Å²) in [5.41, 5.74) is 5.52. The molecular weight excluding hydrogens is 238 g/mol. The summed E-state index contributed by atoms with van der Waals surface area (Å²) in [4.78, 5) is 0. The number of hydrogen-bond donors (Lipinski definition) is 1. The molecule has 17 heavy (non-hydrogen) atoms. The topological polar surface area (TPSA) is 78.9 Å². The van der Waals surface area contributed by atoms with Gasteiger partial charge >= 0.3 is 0 Å². The molecule has 1 heterocycles. The zero-order chi connectivity index (χ0) is 12.1. The molecule has 1 aromatic heterocycles. The second-order valence-electron chi connectivity index (χ2n) is 4.24. The van der Waals surface area contributed by atoms with Crippen LogP contribution < -0.4 is 5.73 Å². The molecule has 1 saturated carbocycles. The maximum atomic E-state index is 5.52. The third kappa shape index (κ3) is 3.40.